The van der Waals surface area contributed by atoms with Crippen LogP contribution in [0.25, 0.3) is 0 Å². The largest absolute Gasteiger partial charge is 0.381 e. The van der Waals surface area contributed by atoms with Gasteiger partial charge in [0.25, 0.3) is 0 Å². The molecule has 0 saturated carbocycles. The van der Waals surface area contributed by atoms with Crippen LogP contribution in [0.5, 0.6) is 0 Å². The van der Waals surface area contributed by atoms with E-state index in [1.54, 1.807) is 0 Å². The van der Waals surface area contributed by atoms with Gasteiger partial charge in [-0.15, -0.1) is 0 Å². The Labute approximate surface area is 97.8 Å². The van der Waals surface area contributed by atoms with Crippen LogP contribution >= 0.6 is 27.7 Å². The number of nitrogens with one attached hydrogen (secondary N) is 1. The Balaban J connectivity index is 2.05. The Morgan fingerprint density at radius 1 is 1.50 bits per heavy atom. The minimum atomic E-state index is 0.667. The van der Waals surface area contributed by atoms with Crippen LogP contribution in [-0.4, -0.2) is 17.5 Å². The van der Waals surface area contributed by atoms with Crippen molar-refractivity contribution in [2.24, 2.45) is 0 Å². The molecule has 0 amide bonds. The summed E-state index contributed by atoms with van der Waals surface area (Å²) < 4.78 is 1.18. The highest BCUT2D eigenvalue weighted by Gasteiger charge is 2.14. The van der Waals surface area contributed by atoms with Gasteiger partial charge in [0.2, 0.25) is 0 Å². The van der Waals surface area contributed by atoms with Crippen LogP contribution in [0, 0.1) is 6.92 Å². The van der Waals surface area contributed by atoms with E-state index in [2.05, 4.69) is 46.4 Å². The standard InChI is InChI=1S/C11H14BrNS/c1-8-6-9(2-3-11(8)12)13-10-4-5-14-7-10/h2-3,6,10,13H,4-5,7H2,1H3. The molecule has 14 heavy (non-hydrogen) atoms. The van der Waals surface area contributed by atoms with E-state index < -0.39 is 0 Å². The first-order valence-corrected chi connectivity index (χ1v) is 6.81. The predicted octanol–water partition coefficient (Wildman–Crippen LogP) is 3.67. The fraction of sp³-hybridized carbons (Fsp3) is 0.455. The Morgan fingerprint density at radius 3 is 3.00 bits per heavy atom. The van der Waals surface area contributed by atoms with Gasteiger partial charge < -0.3 is 5.32 Å². The van der Waals surface area contributed by atoms with Gasteiger partial charge in [0.1, 0.15) is 0 Å². The van der Waals surface area contributed by atoms with Gasteiger partial charge >= 0.3 is 0 Å². The highest BCUT2D eigenvalue weighted by Crippen LogP contribution is 2.24. The van der Waals surface area contributed by atoms with E-state index in [1.165, 1.54) is 33.7 Å². The summed E-state index contributed by atoms with van der Waals surface area (Å²) in [6.45, 7) is 2.12. The van der Waals surface area contributed by atoms with E-state index in [1.807, 2.05) is 11.8 Å². The van der Waals surface area contributed by atoms with Crippen molar-refractivity contribution < 1.29 is 0 Å². The minimum absolute atomic E-state index is 0.667. The summed E-state index contributed by atoms with van der Waals surface area (Å²) >= 11 is 5.55. The molecule has 1 aromatic rings. The van der Waals surface area contributed by atoms with Crippen LogP contribution < -0.4 is 5.32 Å². The van der Waals surface area contributed by atoms with E-state index in [-0.39, 0.29) is 0 Å². The molecular weight excluding hydrogens is 258 g/mol. The third-order valence-corrected chi connectivity index (χ3v) is 4.51. The summed E-state index contributed by atoms with van der Waals surface area (Å²) in [6.07, 6.45) is 1.29. The third-order valence-electron chi connectivity index (χ3n) is 2.46. The van der Waals surface area contributed by atoms with Crippen molar-refractivity contribution in [3.63, 3.8) is 0 Å². The number of rotatable bonds is 2. The summed E-state index contributed by atoms with van der Waals surface area (Å²) in [6, 6.07) is 7.12. The van der Waals surface area contributed by atoms with Crippen molar-refractivity contribution in [1.29, 1.82) is 0 Å². The van der Waals surface area contributed by atoms with E-state index >= 15 is 0 Å². The molecule has 1 aliphatic heterocycles. The van der Waals surface area contributed by atoms with Crippen LogP contribution in [0.3, 0.4) is 0 Å². The Kier molecular flexibility index (Phi) is 3.39. The number of hydrogen-bond acceptors (Lipinski definition) is 2. The fourth-order valence-electron chi connectivity index (χ4n) is 1.62. The molecule has 2 rings (SSSR count). The van der Waals surface area contributed by atoms with Crippen LogP contribution in [-0.2, 0) is 0 Å². The average Bonchev–Trinajstić information content (AvgIpc) is 2.64. The van der Waals surface area contributed by atoms with Gasteiger partial charge in [-0.05, 0) is 42.9 Å². The van der Waals surface area contributed by atoms with Gasteiger partial charge in [0.05, 0.1) is 0 Å². The van der Waals surface area contributed by atoms with Crippen molar-refractivity contribution in [2.75, 3.05) is 16.8 Å². The molecule has 1 aliphatic rings. The lowest BCUT2D eigenvalue weighted by Gasteiger charge is -2.13. The predicted molar refractivity (Wildman–Crippen MR) is 68.2 cm³/mol. The zero-order valence-corrected chi connectivity index (χ0v) is 10.6. The number of hydrogen-bond donors (Lipinski definition) is 1. The first-order valence-electron chi connectivity index (χ1n) is 4.86. The molecule has 1 aromatic carbocycles. The Morgan fingerprint density at radius 2 is 2.36 bits per heavy atom. The topological polar surface area (TPSA) is 12.0 Å². The number of aryl methyl sites for hydroxylation is 1. The molecule has 3 heteroatoms. The summed E-state index contributed by atoms with van der Waals surface area (Å²) in [5, 5.41) is 3.57. The minimum Gasteiger partial charge on any atom is -0.381 e. The van der Waals surface area contributed by atoms with Gasteiger partial charge in [-0.2, -0.15) is 11.8 Å². The van der Waals surface area contributed by atoms with Gasteiger partial charge in [-0.25, -0.2) is 0 Å². The van der Waals surface area contributed by atoms with E-state index in [4.69, 9.17) is 0 Å². The average molecular weight is 272 g/mol. The molecule has 1 saturated heterocycles. The summed E-state index contributed by atoms with van der Waals surface area (Å²) in [5.41, 5.74) is 2.54. The maximum absolute atomic E-state index is 3.57. The zero-order chi connectivity index (χ0) is 9.97. The van der Waals surface area contributed by atoms with Crippen molar-refractivity contribution >= 4 is 33.4 Å². The number of benzene rings is 1. The molecule has 0 spiro atoms. The first-order chi connectivity index (χ1) is 6.75. The SMILES string of the molecule is Cc1cc(NC2CCSC2)ccc1Br. The molecule has 1 nitrogen and oxygen atoms in total. The van der Waals surface area contributed by atoms with Crippen LogP contribution in [0.2, 0.25) is 0 Å². The molecule has 1 N–H and O–H groups in total. The van der Waals surface area contributed by atoms with Crippen molar-refractivity contribution in [3.8, 4) is 0 Å². The lowest BCUT2D eigenvalue weighted by Crippen LogP contribution is -2.17. The van der Waals surface area contributed by atoms with E-state index in [9.17, 15) is 0 Å². The summed E-state index contributed by atoms with van der Waals surface area (Å²) in [5.74, 6) is 2.54. The van der Waals surface area contributed by atoms with Crippen molar-refractivity contribution in [2.45, 2.75) is 19.4 Å². The number of thioether (sulfide) groups is 1. The second kappa shape index (κ2) is 4.58. The van der Waals surface area contributed by atoms with Crippen molar-refractivity contribution in [1.82, 2.24) is 0 Å². The van der Waals surface area contributed by atoms with Crippen molar-refractivity contribution in [3.05, 3.63) is 28.2 Å². The van der Waals surface area contributed by atoms with Gasteiger partial charge in [0, 0.05) is 22.0 Å². The Hall–Kier alpha value is -0.150. The molecule has 0 bridgehead atoms. The quantitative estimate of drug-likeness (QED) is 0.881. The maximum Gasteiger partial charge on any atom is 0.0359 e. The van der Waals surface area contributed by atoms with Crippen LogP contribution in [0.1, 0.15) is 12.0 Å². The maximum atomic E-state index is 3.57. The highest BCUT2D eigenvalue weighted by atomic mass is 79.9. The first kappa shape index (κ1) is 10.4. The molecule has 0 aromatic heterocycles. The lowest BCUT2D eigenvalue weighted by molar-refractivity contribution is 0.813. The molecule has 1 unspecified atom stereocenters. The molecule has 1 fully saturated rings. The lowest BCUT2D eigenvalue weighted by atomic mass is 10.2. The molecule has 0 aliphatic carbocycles. The molecule has 1 atom stereocenters. The number of anilines is 1. The Bertz CT molecular complexity index is 321. The molecule has 0 radical (unpaired) electrons. The summed E-state index contributed by atoms with van der Waals surface area (Å²) in [4.78, 5) is 0. The summed E-state index contributed by atoms with van der Waals surface area (Å²) in [7, 11) is 0. The van der Waals surface area contributed by atoms with Gasteiger partial charge in [0.15, 0.2) is 0 Å². The molecular formula is C11H14BrNS. The van der Waals surface area contributed by atoms with Gasteiger partial charge in [-0.1, -0.05) is 15.9 Å². The normalized spacial score (nSPS) is 21.1. The number of halogens is 1. The van der Waals surface area contributed by atoms with Crippen LogP contribution in [0.4, 0.5) is 5.69 Å². The third kappa shape index (κ3) is 2.45. The second-order valence-electron chi connectivity index (χ2n) is 3.67. The second-order valence-corrected chi connectivity index (χ2v) is 5.67. The monoisotopic (exact) mass is 271 g/mol. The zero-order valence-electron chi connectivity index (χ0n) is 8.22. The fourth-order valence-corrected chi connectivity index (χ4v) is 3.02. The highest BCUT2D eigenvalue weighted by molar-refractivity contribution is 9.10. The van der Waals surface area contributed by atoms with Gasteiger partial charge in [-0.3, -0.25) is 0 Å². The van der Waals surface area contributed by atoms with Crippen LogP contribution in [0.15, 0.2) is 22.7 Å². The smallest absolute Gasteiger partial charge is 0.0359 e. The van der Waals surface area contributed by atoms with E-state index in [0.29, 0.717) is 6.04 Å². The molecule has 1 heterocycles. The molecule has 76 valence electrons. The van der Waals surface area contributed by atoms with E-state index in [0.717, 1.165) is 0 Å².